The minimum Gasteiger partial charge on any atom is -0.394 e. The van der Waals surface area contributed by atoms with Crippen LogP contribution in [-0.2, 0) is 33.2 Å². The van der Waals surface area contributed by atoms with Crippen LogP contribution in [0.15, 0.2) is 72.9 Å². The fourth-order valence-electron chi connectivity index (χ4n) is 9.45. The number of carbonyl (C=O) groups excluding carboxylic acids is 1. The number of hydrogen-bond donors (Lipinski definition) is 12. The first-order chi connectivity index (χ1) is 37.8. The molecule has 0 bridgehead atoms. The van der Waals surface area contributed by atoms with Crippen molar-refractivity contribution >= 4 is 5.91 Å². The average Bonchev–Trinajstić information content (AvgIpc) is 3.49. The van der Waals surface area contributed by atoms with E-state index in [2.05, 4.69) is 79.9 Å². The van der Waals surface area contributed by atoms with Gasteiger partial charge in [0.2, 0.25) is 5.91 Å². The van der Waals surface area contributed by atoms with E-state index in [1.165, 1.54) is 32.1 Å². The summed E-state index contributed by atoms with van der Waals surface area (Å²) in [7, 11) is 0. The summed E-state index contributed by atoms with van der Waals surface area (Å²) in [5.41, 5.74) is 0. The van der Waals surface area contributed by atoms with Gasteiger partial charge in [-0.2, -0.15) is 0 Å². The van der Waals surface area contributed by atoms with E-state index >= 15 is 0 Å². The van der Waals surface area contributed by atoms with Crippen LogP contribution in [0.5, 0.6) is 0 Å². The predicted octanol–water partition coefficient (Wildman–Crippen LogP) is 4.65. The van der Waals surface area contributed by atoms with Crippen molar-refractivity contribution in [3.63, 3.8) is 0 Å². The molecule has 3 aliphatic rings. The van der Waals surface area contributed by atoms with Crippen molar-refractivity contribution in [3.8, 4) is 0 Å². The van der Waals surface area contributed by atoms with Crippen LogP contribution < -0.4 is 5.32 Å². The molecule has 17 atom stereocenters. The highest BCUT2D eigenvalue weighted by molar-refractivity contribution is 5.76. The van der Waals surface area contributed by atoms with Crippen molar-refractivity contribution in [2.75, 3.05) is 26.4 Å². The van der Waals surface area contributed by atoms with Gasteiger partial charge >= 0.3 is 0 Å². The standard InChI is InChI=1S/C59H101NO18/c1-3-5-7-9-11-13-15-16-17-18-19-20-21-22-23-24-25-26-27-29-31-33-35-37-47(65)60-42(43(64)36-34-32-30-28-14-12-10-8-6-4-2)41-73-57-53(71)50(68)55(45(39-62)75-57)78-59-54(72)51(69)56(46(40-63)76-59)77-58-52(70)49(67)48(66)44(38-61)74-58/h5,7,11,13,16-17,19-20,22-23,34,36,42-46,48-59,61-64,66-72H,3-4,6,8-10,12,14-15,18,21,24-33,35,37-41H2,1-2H3,(H,60,65)/b7-5-,13-11-,17-16-,20-19-,23-22-,36-34+. The third-order valence-electron chi connectivity index (χ3n) is 14.3. The first kappa shape index (κ1) is 69.5. The van der Waals surface area contributed by atoms with Crippen LogP contribution in [-0.4, -0.2) is 193 Å². The molecule has 450 valence electrons. The number of ether oxygens (including phenoxy) is 6. The zero-order valence-corrected chi connectivity index (χ0v) is 46.6. The number of aliphatic hydroxyl groups excluding tert-OH is 11. The molecule has 19 nitrogen and oxygen atoms in total. The van der Waals surface area contributed by atoms with Gasteiger partial charge < -0.3 is 89.9 Å². The molecule has 0 aromatic carbocycles. The lowest BCUT2D eigenvalue weighted by Crippen LogP contribution is -2.66. The van der Waals surface area contributed by atoms with Gasteiger partial charge in [-0.1, -0.05) is 164 Å². The van der Waals surface area contributed by atoms with E-state index in [0.717, 1.165) is 103 Å². The molecule has 0 saturated carbocycles. The van der Waals surface area contributed by atoms with Crippen molar-refractivity contribution in [3.05, 3.63) is 72.9 Å². The Kier molecular flexibility index (Phi) is 37.5. The summed E-state index contributed by atoms with van der Waals surface area (Å²) in [5.74, 6) is -0.293. The van der Waals surface area contributed by atoms with E-state index in [1.54, 1.807) is 6.08 Å². The molecule has 78 heavy (non-hydrogen) atoms. The van der Waals surface area contributed by atoms with Crippen molar-refractivity contribution in [2.24, 2.45) is 0 Å². The lowest BCUT2D eigenvalue weighted by molar-refractivity contribution is -0.379. The fourth-order valence-corrected chi connectivity index (χ4v) is 9.45. The van der Waals surface area contributed by atoms with Crippen LogP contribution in [0.2, 0.25) is 0 Å². The number of nitrogens with one attached hydrogen (secondary N) is 1. The zero-order valence-electron chi connectivity index (χ0n) is 46.6. The lowest BCUT2D eigenvalue weighted by atomic mass is 9.96. The quantitative estimate of drug-likeness (QED) is 0.0293. The summed E-state index contributed by atoms with van der Waals surface area (Å²) in [6, 6.07) is -0.981. The summed E-state index contributed by atoms with van der Waals surface area (Å²) in [5, 5.41) is 120. The molecular formula is C59H101NO18. The number of hydrogen-bond acceptors (Lipinski definition) is 18. The topological polar surface area (TPSA) is 307 Å². The monoisotopic (exact) mass is 1110 g/mol. The van der Waals surface area contributed by atoms with Crippen LogP contribution in [0.3, 0.4) is 0 Å². The Morgan fingerprint density at radius 3 is 1.38 bits per heavy atom. The number of aliphatic hydroxyl groups is 11. The second-order valence-corrected chi connectivity index (χ2v) is 20.7. The van der Waals surface area contributed by atoms with E-state index in [0.29, 0.717) is 6.42 Å². The van der Waals surface area contributed by atoms with Gasteiger partial charge in [0.25, 0.3) is 0 Å². The maximum atomic E-state index is 13.3. The first-order valence-corrected chi connectivity index (χ1v) is 29.2. The molecule has 17 unspecified atom stereocenters. The van der Waals surface area contributed by atoms with Gasteiger partial charge in [0.15, 0.2) is 18.9 Å². The Morgan fingerprint density at radius 2 is 0.885 bits per heavy atom. The van der Waals surface area contributed by atoms with Crippen LogP contribution in [0, 0.1) is 0 Å². The van der Waals surface area contributed by atoms with Gasteiger partial charge in [-0.3, -0.25) is 4.79 Å². The summed E-state index contributed by atoms with van der Waals surface area (Å²) >= 11 is 0. The highest BCUT2D eigenvalue weighted by Crippen LogP contribution is 2.33. The molecule has 3 heterocycles. The second kappa shape index (κ2) is 42.1. The van der Waals surface area contributed by atoms with E-state index in [4.69, 9.17) is 28.4 Å². The SMILES string of the molecule is CC/C=C\C/C=C\C/C=C\C/C=C\C/C=C\CCCCCCCCCC(=O)NC(COC1OC(CO)C(OC2OC(CO)C(OC3OC(CO)C(O)C(O)C3O)C(O)C2O)C(O)C1O)C(O)/C=C/CCCCCCCCCC. The normalized spacial score (nSPS) is 31.0. The van der Waals surface area contributed by atoms with E-state index in [1.807, 2.05) is 6.08 Å². The largest absolute Gasteiger partial charge is 0.394 e. The number of allylic oxidation sites excluding steroid dienone is 11. The molecule has 19 heteroatoms. The maximum absolute atomic E-state index is 13.3. The number of rotatable bonds is 41. The van der Waals surface area contributed by atoms with Crippen LogP contribution in [0.1, 0.15) is 162 Å². The summed E-state index contributed by atoms with van der Waals surface area (Å²) < 4.78 is 34.2. The summed E-state index contributed by atoms with van der Waals surface area (Å²) in [4.78, 5) is 13.3. The number of unbranched alkanes of at least 4 members (excludes halogenated alkanes) is 15. The fraction of sp³-hybridized carbons (Fsp3) is 0.780. The van der Waals surface area contributed by atoms with Crippen molar-refractivity contribution in [1.82, 2.24) is 5.32 Å². The van der Waals surface area contributed by atoms with Crippen molar-refractivity contribution in [1.29, 1.82) is 0 Å². The van der Waals surface area contributed by atoms with Gasteiger partial charge in [-0.05, 0) is 64.2 Å². The molecule has 3 aliphatic heterocycles. The van der Waals surface area contributed by atoms with E-state index in [-0.39, 0.29) is 18.9 Å². The molecule has 3 rings (SSSR count). The minimum absolute atomic E-state index is 0.226. The highest BCUT2D eigenvalue weighted by Gasteiger charge is 2.53. The van der Waals surface area contributed by atoms with Gasteiger partial charge in [0.05, 0.1) is 38.6 Å². The molecule has 3 saturated heterocycles. The second-order valence-electron chi connectivity index (χ2n) is 20.7. The van der Waals surface area contributed by atoms with Crippen molar-refractivity contribution < 1.29 is 89.4 Å². The van der Waals surface area contributed by atoms with Gasteiger partial charge in [0, 0.05) is 6.42 Å². The molecule has 1 amide bonds. The number of carbonyl (C=O) groups is 1. The lowest BCUT2D eigenvalue weighted by Gasteiger charge is -2.48. The summed E-state index contributed by atoms with van der Waals surface area (Å²) in [6.07, 6.45) is 21.8. The predicted molar refractivity (Wildman–Crippen MR) is 295 cm³/mol. The maximum Gasteiger partial charge on any atom is 0.220 e. The molecule has 0 spiro atoms. The Labute approximate surface area is 464 Å². The van der Waals surface area contributed by atoms with Gasteiger partial charge in [-0.15, -0.1) is 0 Å². The Balaban J connectivity index is 1.47. The zero-order chi connectivity index (χ0) is 56.9. The average molecular weight is 1110 g/mol. The molecule has 0 aliphatic carbocycles. The van der Waals surface area contributed by atoms with E-state index < -0.39 is 124 Å². The highest BCUT2D eigenvalue weighted by atomic mass is 16.8. The minimum atomic E-state index is -1.98. The first-order valence-electron chi connectivity index (χ1n) is 29.2. The van der Waals surface area contributed by atoms with Crippen molar-refractivity contribution in [2.45, 2.75) is 266 Å². The van der Waals surface area contributed by atoms with Gasteiger partial charge in [0.1, 0.15) is 73.2 Å². The summed E-state index contributed by atoms with van der Waals surface area (Å²) in [6.45, 7) is 1.54. The molecular weight excluding hydrogens is 1010 g/mol. The molecule has 0 radical (unpaired) electrons. The Hall–Kier alpha value is -2.77. The smallest absolute Gasteiger partial charge is 0.220 e. The Morgan fingerprint density at radius 1 is 0.474 bits per heavy atom. The third-order valence-corrected chi connectivity index (χ3v) is 14.3. The third kappa shape index (κ3) is 26.0. The van der Waals surface area contributed by atoms with Crippen LogP contribution in [0.4, 0.5) is 0 Å². The molecule has 0 aromatic rings. The van der Waals surface area contributed by atoms with Crippen LogP contribution >= 0.6 is 0 Å². The molecule has 0 aromatic heterocycles. The van der Waals surface area contributed by atoms with Gasteiger partial charge in [-0.25, -0.2) is 0 Å². The van der Waals surface area contributed by atoms with E-state index in [9.17, 15) is 61.0 Å². The Bertz CT molecular complexity index is 1710. The molecule has 12 N–H and O–H groups in total. The molecule has 3 fully saturated rings. The van der Waals surface area contributed by atoms with Crippen LogP contribution in [0.25, 0.3) is 0 Å². The number of amides is 1.